The molecule has 1 aromatic carbocycles. The Balaban J connectivity index is 2.06. The molecular formula is C19H24N12O2. The maximum absolute atomic E-state index is 11.4. The first kappa shape index (κ1) is 24.9. The fraction of sp³-hybridized carbons (Fsp3) is 0.368. The summed E-state index contributed by atoms with van der Waals surface area (Å²) in [5.41, 5.74) is 24.0. The van der Waals surface area contributed by atoms with E-state index in [4.69, 9.17) is 27.4 Å². The molecule has 14 heteroatoms. The summed E-state index contributed by atoms with van der Waals surface area (Å²) in [6.07, 6.45) is 5.19. The van der Waals surface area contributed by atoms with Crippen molar-refractivity contribution < 1.29 is 4.74 Å². The van der Waals surface area contributed by atoms with Gasteiger partial charge in [0.25, 0.3) is 0 Å². The van der Waals surface area contributed by atoms with Gasteiger partial charge >= 0.3 is 0 Å². The summed E-state index contributed by atoms with van der Waals surface area (Å²) < 4.78 is 5.84. The molecule has 0 spiro atoms. The minimum absolute atomic E-state index is 0.161. The fourth-order valence-electron chi connectivity index (χ4n) is 2.94. The number of azide groups is 2. The molecule has 0 heterocycles. The molecule has 172 valence electrons. The van der Waals surface area contributed by atoms with E-state index in [1.54, 1.807) is 18.4 Å². The monoisotopic (exact) mass is 452 g/mol. The normalized spacial score (nSPS) is 18.3. The van der Waals surface area contributed by atoms with Crippen LogP contribution in [0.15, 0.2) is 91.5 Å². The molecule has 14 nitrogen and oxygen atoms in total. The van der Waals surface area contributed by atoms with Crippen molar-refractivity contribution in [3.05, 3.63) is 97.1 Å². The van der Waals surface area contributed by atoms with Crippen LogP contribution < -0.4 is 16.9 Å². The van der Waals surface area contributed by atoms with Gasteiger partial charge in [0.15, 0.2) is 0 Å². The number of rotatable bonds is 13. The molecule has 0 saturated carbocycles. The highest BCUT2D eigenvalue weighted by atomic mass is 16.5. The van der Waals surface area contributed by atoms with Gasteiger partial charge in [-0.1, -0.05) is 51.0 Å². The van der Waals surface area contributed by atoms with Crippen molar-refractivity contribution in [1.29, 1.82) is 0 Å². The van der Waals surface area contributed by atoms with Crippen LogP contribution in [0.5, 0.6) is 0 Å². The van der Waals surface area contributed by atoms with E-state index in [0.717, 1.165) is 5.56 Å². The standard InChI is InChI=1S/C19H24N12O2/c20-16-9-18(33-11-14-4-2-1-3-5-14)17(27-31-23)8-15(16)10-24-7-6-19(28-32,12-25-29-21)13-26-30-22/h1-5,8-10,16,24H,6-7,11-13,20H2,(H2,23,27)/b15-10-. The first-order chi connectivity index (χ1) is 16.1. The second-order valence-corrected chi connectivity index (χ2v) is 7.02. The van der Waals surface area contributed by atoms with E-state index in [2.05, 4.69) is 40.9 Å². The SMILES string of the molecule is [N-]=[N+]=NCC(CCN/C=C1/C=C(N=NN)C(OCc2ccccc2)=CC1N)(CN=[N+]=[N-])N=O. The van der Waals surface area contributed by atoms with Crippen LogP contribution in [0.25, 0.3) is 20.9 Å². The van der Waals surface area contributed by atoms with Crippen molar-refractivity contribution in [2.24, 2.45) is 37.3 Å². The van der Waals surface area contributed by atoms with E-state index in [1.165, 1.54) is 0 Å². The molecule has 1 atom stereocenters. The van der Waals surface area contributed by atoms with E-state index in [-0.39, 0.29) is 26.1 Å². The fourth-order valence-corrected chi connectivity index (χ4v) is 2.94. The molecule has 0 bridgehead atoms. The van der Waals surface area contributed by atoms with Crippen molar-refractivity contribution in [2.75, 3.05) is 19.6 Å². The zero-order chi connectivity index (χ0) is 23.9. The van der Waals surface area contributed by atoms with Crippen molar-refractivity contribution in [3.8, 4) is 0 Å². The van der Waals surface area contributed by atoms with Crippen LogP contribution >= 0.6 is 0 Å². The van der Waals surface area contributed by atoms with Crippen LogP contribution in [0.1, 0.15) is 12.0 Å². The third-order valence-corrected chi connectivity index (χ3v) is 4.73. The Hall–Kier alpha value is -4.38. The van der Waals surface area contributed by atoms with Gasteiger partial charge in [0.05, 0.1) is 19.1 Å². The highest BCUT2D eigenvalue weighted by molar-refractivity contribution is 5.43. The Morgan fingerprint density at radius 2 is 1.88 bits per heavy atom. The predicted octanol–water partition coefficient (Wildman–Crippen LogP) is 3.63. The second kappa shape index (κ2) is 13.1. The quantitative estimate of drug-likeness (QED) is 0.0772. The van der Waals surface area contributed by atoms with Crippen molar-refractivity contribution in [2.45, 2.75) is 24.6 Å². The van der Waals surface area contributed by atoms with Gasteiger partial charge in [-0.25, -0.2) is 0 Å². The lowest BCUT2D eigenvalue weighted by atomic mass is 9.96. The molecule has 1 unspecified atom stereocenters. The zero-order valence-electron chi connectivity index (χ0n) is 17.7. The van der Waals surface area contributed by atoms with Crippen molar-refractivity contribution in [1.82, 2.24) is 5.32 Å². The lowest BCUT2D eigenvalue weighted by Gasteiger charge is -2.23. The number of nitrogens with one attached hydrogen (secondary N) is 1. The Morgan fingerprint density at radius 3 is 2.48 bits per heavy atom. The first-order valence-electron chi connectivity index (χ1n) is 9.84. The number of nitroso groups, excluding NO2 is 1. The smallest absolute Gasteiger partial charge is 0.145 e. The summed E-state index contributed by atoms with van der Waals surface area (Å²) in [6.45, 7) is 0.142. The minimum Gasteiger partial charge on any atom is -0.487 e. The number of hydrogen-bond acceptors (Lipinski definition) is 9. The first-order valence-corrected chi connectivity index (χ1v) is 9.84. The van der Waals surface area contributed by atoms with Gasteiger partial charge in [-0.3, -0.25) is 0 Å². The zero-order valence-corrected chi connectivity index (χ0v) is 17.7. The summed E-state index contributed by atoms with van der Waals surface area (Å²) in [4.78, 5) is 16.6. The predicted molar refractivity (Wildman–Crippen MR) is 122 cm³/mol. The highest BCUT2D eigenvalue weighted by Gasteiger charge is 2.30. The topological polar surface area (TPSA) is 225 Å². The number of ether oxygens (including phenoxy) is 1. The molecule has 0 amide bonds. The van der Waals surface area contributed by atoms with E-state index in [0.29, 0.717) is 23.6 Å². The molecule has 0 radical (unpaired) electrons. The van der Waals surface area contributed by atoms with Gasteiger partial charge < -0.3 is 21.6 Å². The third kappa shape index (κ3) is 7.67. The van der Waals surface area contributed by atoms with Crippen LogP contribution in [-0.4, -0.2) is 31.2 Å². The molecule has 0 aliphatic heterocycles. The molecule has 1 aliphatic carbocycles. The Morgan fingerprint density at radius 1 is 1.18 bits per heavy atom. The van der Waals surface area contributed by atoms with Crippen LogP contribution in [0.2, 0.25) is 0 Å². The Kier molecular flexibility index (Phi) is 9.90. The number of benzene rings is 1. The van der Waals surface area contributed by atoms with Gasteiger partial charge in [0.1, 0.15) is 23.6 Å². The van der Waals surface area contributed by atoms with Gasteiger partial charge in [-0.15, -0.1) is 5.11 Å². The molecule has 1 aromatic rings. The molecule has 5 N–H and O–H groups in total. The summed E-state index contributed by atoms with van der Waals surface area (Å²) in [5, 5.41) is 20.1. The molecule has 2 rings (SSSR count). The van der Waals surface area contributed by atoms with Gasteiger partial charge in [-0.05, 0) is 40.8 Å². The summed E-state index contributed by atoms with van der Waals surface area (Å²) in [5.74, 6) is 5.68. The van der Waals surface area contributed by atoms with Crippen molar-refractivity contribution >= 4 is 0 Å². The summed E-state index contributed by atoms with van der Waals surface area (Å²) >= 11 is 0. The van der Waals surface area contributed by atoms with Crippen molar-refractivity contribution in [3.63, 3.8) is 0 Å². The van der Waals surface area contributed by atoms with E-state index < -0.39 is 11.6 Å². The van der Waals surface area contributed by atoms with E-state index >= 15 is 0 Å². The number of nitrogens with zero attached hydrogens (tertiary/aromatic N) is 9. The number of hydrogen-bond donors (Lipinski definition) is 3. The summed E-state index contributed by atoms with van der Waals surface area (Å²) in [6, 6.07) is 9.11. The molecule has 0 saturated heterocycles. The van der Waals surface area contributed by atoms with Gasteiger partial charge in [0.2, 0.25) is 0 Å². The maximum atomic E-state index is 11.4. The Bertz CT molecular complexity index is 1000. The van der Waals surface area contributed by atoms with Crippen LogP contribution in [0, 0.1) is 4.91 Å². The van der Waals surface area contributed by atoms with Crippen LogP contribution in [0.3, 0.4) is 0 Å². The van der Waals surface area contributed by atoms with Gasteiger partial charge in [0, 0.05) is 22.6 Å². The van der Waals surface area contributed by atoms with Crippen LogP contribution in [-0.2, 0) is 11.3 Å². The molecule has 33 heavy (non-hydrogen) atoms. The molecule has 1 aliphatic rings. The Labute approximate surface area is 189 Å². The number of nitrogens with two attached hydrogens (primary N) is 2. The van der Waals surface area contributed by atoms with E-state index in [1.807, 2.05) is 30.3 Å². The highest BCUT2D eigenvalue weighted by Crippen LogP contribution is 2.25. The molecule has 0 fully saturated rings. The lowest BCUT2D eigenvalue weighted by Crippen LogP contribution is -2.36. The maximum Gasteiger partial charge on any atom is 0.145 e. The average molecular weight is 452 g/mol. The summed E-state index contributed by atoms with van der Waals surface area (Å²) in [7, 11) is 0. The van der Waals surface area contributed by atoms with Crippen LogP contribution in [0.4, 0.5) is 0 Å². The lowest BCUT2D eigenvalue weighted by molar-refractivity contribution is 0.203. The largest absolute Gasteiger partial charge is 0.487 e. The van der Waals surface area contributed by atoms with E-state index in [9.17, 15) is 4.91 Å². The molecule has 0 aromatic heterocycles. The molecular weight excluding hydrogens is 428 g/mol. The average Bonchev–Trinajstić information content (AvgIpc) is 2.84. The third-order valence-electron chi connectivity index (χ3n) is 4.73. The second-order valence-electron chi connectivity index (χ2n) is 7.02. The minimum atomic E-state index is -1.34. The van der Waals surface area contributed by atoms with Gasteiger partial charge in [-0.2, -0.15) is 4.91 Å².